The van der Waals surface area contributed by atoms with Crippen molar-refractivity contribution in [2.24, 2.45) is 0 Å². The molecule has 0 saturated carbocycles. The van der Waals surface area contributed by atoms with Gasteiger partial charge in [-0.15, -0.1) is 0 Å². The van der Waals surface area contributed by atoms with Crippen LogP contribution in [-0.4, -0.2) is 38.6 Å². The van der Waals surface area contributed by atoms with Crippen molar-refractivity contribution in [3.8, 4) is 5.75 Å². The van der Waals surface area contributed by atoms with Gasteiger partial charge in [-0.2, -0.15) is 0 Å². The maximum absolute atomic E-state index is 12.2. The standard InChI is InChI=1S/C19H24N2O2/c1-21(2)18(16-9-5-4-6-10-16)14-20-19(22)13-15-8-7-11-17(12-15)23-3/h4-12,18H,13-14H2,1-3H3,(H,20,22). The van der Waals surface area contributed by atoms with E-state index in [9.17, 15) is 4.79 Å². The molecule has 0 radical (unpaired) electrons. The van der Waals surface area contributed by atoms with Gasteiger partial charge in [-0.25, -0.2) is 0 Å². The van der Waals surface area contributed by atoms with Crippen LogP contribution in [0, 0.1) is 0 Å². The molecule has 4 heteroatoms. The zero-order valence-corrected chi connectivity index (χ0v) is 14.0. The fourth-order valence-electron chi connectivity index (χ4n) is 2.51. The van der Waals surface area contributed by atoms with Crippen LogP contribution in [0.25, 0.3) is 0 Å². The second-order valence-electron chi connectivity index (χ2n) is 5.72. The van der Waals surface area contributed by atoms with Crippen LogP contribution >= 0.6 is 0 Å². The van der Waals surface area contributed by atoms with E-state index in [-0.39, 0.29) is 11.9 Å². The molecule has 2 aromatic rings. The first-order chi connectivity index (χ1) is 11.1. The Morgan fingerprint density at radius 2 is 1.87 bits per heavy atom. The number of rotatable bonds is 7. The van der Waals surface area contributed by atoms with E-state index in [1.54, 1.807) is 7.11 Å². The van der Waals surface area contributed by atoms with Gasteiger partial charge in [0.25, 0.3) is 0 Å². The van der Waals surface area contributed by atoms with Gasteiger partial charge in [-0.1, -0.05) is 42.5 Å². The molecule has 0 aliphatic heterocycles. The summed E-state index contributed by atoms with van der Waals surface area (Å²) in [6, 6.07) is 17.9. The lowest BCUT2D eigenvalue weighted by atomic mass is 10.1. The predicted molar refractivity (Wildman–Crippen MR) is 92.6 cm³/mol. The number of likely N-dealkylation sites (N-methyl/N-ethyl adjacent to an activating group) is 1. The van der Waals surface area contributed by atoms with E-state index in [1.165, 1.54) is 5.56 Å². The van der Waals surface area contributed by atoms with E-state index < -0.39 is 0 Å². The van der Waals surface area contributed by atoms with E-state index in [0.717, 1.165) is 11.3 Å². The molecule has 1 atom stereocenters. The topological polar surface area (TPSA) is 41.6 Å². The lowest BCUT2D eigenvalue weighted by Gasteiger charge is -2.25. The minimum Gasteiger partial charge on any atom is -0.497 e. The number of hydrogen-bond donors (Lipinski definition) is 1. The summed E-state index contributed by atoms with van der Waals surface area (Å²) in [4.78, 5) is 14.3. The van der Waals surface area contributed by atoms with E-state index in [4.69, 9.17) is 4.74 Å². The number of benzene rings is 2. The van der Waals surface area contributed by atoms with Crippen LogP contribution in [0.5, 0.6) is 5.75 Å². The molecule has 0 aliphatic carbocycles. The van der Waals surface area contributed by atoms with Crippen molar-refractivity contribution < 1.29 is 9.53 Å². The second kappa shape index (κ2) is 8.34. The molecule has 23 heavy (non-hydrogen) atoms. The SMILES string of the molecule is COc1cccc(CC(=O)NCC(c2ccccc2)N(C)C)c1. The molecule has 0 heterocycles. The lowest BCUT2D eigenvalue weighted by Crippen LogP contribution is -2.35. The summed E-state index contributed by atoms with van der Waals surface area (Å²) in [5.41, 5.74) is 2.14. The van der Waals surface area contributed by atoms with E-state index in [0.29, 0.717) is 13.0 Å². The Kier molecular flexibility index (Phi) is 6.18. The highest BCUT2D eigenvalue weighted by Crippen LogP contribution is 2.17. The van der Waals surface area contributed by atoms with Crippen molar-refractivity contribution in [2.75, 3.05) is 27.7 Å². The highest BCUT2D eigenvalue weighted by atomic mass is 16.5. The normalized spacial score (nSPS) is 12.0. The van der Waals surface area contributed by atoms with Gasteiger partial charge in [0.1, 0.15) is 5.75 Å². The molecule has 0 spiro atoms. The fraction of sp³-hybridized carbons (Fsp3) is 0.316. The van der Waals surface area contributed by atoms with Crippen LogP contribution in [-0.2, 0) is 11.2 Å². The summed E-state index contributed by atoms with van der Waals surface area (Å²) in [6.45, 7) is 0.583. The Morgan fingerprint density at radius 1 is 1.13 bits per heavy atom. The zero-order valence-electron chi connectivity index (χ0n) is 14.0. The van der Waals surface area contributed by atoms with Gasteiger partial charge in [0.05, 0.1) is 19.6 Å². The number of carbonyl (C=O) groups is 1. The molecule has 0 aliphatic rings. The largest absolute Gasteiger partial charge is 0.497 e. The summed E-state index contributed by atoms with van der Waals surface area (Å²) < 4.78 is 5.19. The zero-order chi connectivity index (χ0) is 16.7. The van der Waals surface area contributed by atoms with Gasteiger partial charge in [0, 0.05) is 6.54 Å². The number of ether oxygens (including phenoxy) is 1. The molecular weight excluding hydrogens is 288 g/mol. The highest BCUT2D eigenvalue weighted by molar-refractivity contribution is 5.78. The van der Waals surface area contributed by atoms with Crippen LogP contribution in [0.15, 0.2) is 54.6 Å². The average Bonchev–Trinajstić information content (AvgIpc) is 2.56. The number of nitrogens with one attached hydrogen (secondary N) is 1. The van der Waals surface area contributed by atoms with E-state index in [1.807, 2.05) is 56.6 Å². The molecule has 0 bridgehead atoms. The number of carbonyl (C=O) groups excluding carboxylic acids is 1. The fourth-order valence-corrected chi connectivity index (χ4v) is 2.51. The van der Waals surface area contributed by atoms with Crippen molar-refractivity contribution in [3.05, 3.63) is 65.7 Å². The summed E-state index contributed by atoms with van der Waals surface area (Å²) in [5.74, 6) is 0.784. The van der Waals surface area contributed by atoms with Gasteiger partial charge < -0.3 is 15.0 Å². The van der Waals surface area contributed by atoms with Crippen molar-refractivity contribution >= 4 is 5.91 Å². The number of amides is 1. The quantitative estimate of drug-likeness (QED) is 0.854. The summed E-state index contributed by atoms with van der Waals surface area (Å²) >= 11 is 0. The molecule has 0 aromatic heterocycles. The van der Waals surface area contributed by atoms with Gasteiger partial charge in [-0.05, 0) is 37.4 Å². The molecule has 0 saturated heterocycles. The maximum Gasteiger partial charge on any atom is 0.224 e. The Bertz CT molecular complexity index is 626. The third-order valence-corrected chi connectivity index (χ3v) is 3.80. The molecule has 2 rings (SSSR count). The van der Waals surface area contributed by atoms with Gasteiger partial charge in [0.2, 0.25) is 5.91 Å². The predicted octanol–water partition coefficient (Wildman–Crippen LogP) is 2.66. The number of methoxy groups -OCH3 is 1. The van der Waals surface area contributed by atoms with Crippen molar-refractivity contribution in [1.29, 1.82) is 0 Å². The molecule has 1 unspecified atom stereocenters. The Morgan fingerprint density at radius 3 is 2.52 bits per heavy atom. The second-order valence-corrected chi connectivity index (χ2v) is 5.72. The highest BCUT2D eigenvalue weighted by Gasteiger charge is 2.15. The maximum atomic E-state index is 12.2. The Hall–Kier alpha value is -2.33. The monoisotopic (exact) mass is 312 g/mol. The van der Waals surface area contributed by atoms with Crippen LogP contribution in [0.2, 0.25) is 0 Å². The molecular formula is C19H24N2O2. The molecule has 2 aromatic carbocycles. The number of hydrogen-bond acceptors (Lipinski definition) is 3. The van der Waals surface area contributed by atoms with Crippen LogP contribution < -0.4 is 10.1 Å². The molecule has 4 nitrogen and oxygen atoms in total. The Balaban J connectivity index is 1.94. The molecule has 1 amide bonds. The van der Waals surface area contributed by atoms with Crippen LogP contribution in [0.4, 0.5) is 0 Å². The average molecular weight is 312 g/mol. The minimum absolute atomic E-state index is 0.0148. The summed E-state index contributed by atoms with van der Waals surface area (Å²) in [6.07, 6.45) is 0.353. The smallest absolute Gasteiger partial charge is 0.224 e. The van der Waals surface area contributed by atoms with E-state index >= 15 is 0 Å². The van der Waals surface area contributed by atoms with Gasteiger partial charge in [-0.3, -0.25) is 4.79 Å². The Labute approximate surface area is 138 Å². The molecule has 122 valence electrons. The molecule has 1 N–H and O–H groups in total. The van der Waals surface area contributed by atoms with Crippen molar-refractivity contribution in [2.45, 2.75) is 12.5 Å². The minimum atomic E-state index is 0.0148. The first kappa shape index (κ1) is 17.0. The van der Waals surface area contributed by atoms with Crippen molar-refractivity contribution in [1.82, 2.24) is 10.2 Å². The first-order valence-corrected chi connectivity index (χ1v) is 7.71. The van der Waals surface area contributed by atoms with E-state index in [2.05, 4.69) is 22.3 Å². The van der Waals surface area contributed by atoms with Crippen LogP contribution in [0.1, 0.15) is 17.2 Å². The first-order valence-electron chi connectivity index (χ1n) is 7.71. The number of nitrogens with zero attached hydrogens (tertiary/aromatic N) is 1. The summed E-state index contributed by atoms with van der Waals surface area (Å²) in [5, 5.41) is 3.03. The lowest BCUT2D eigenvalue weighted by molar-refractivity contribution is -0.120. The molecule has 0 fully saturated rings. The van der Waals surface area contributed by atoms with Gasteiger partial charge >= 0.3 is 0 Å². The summed E-state index contributed by atoms with van der Waals surface area (Å²) in [7, 11) is 5.67. The third-order valence-electron chi connectivity index (χ3n) is 3.80. The van der Waals surface area contributed by atoms with Crippen molar-refractivity contribution in [3.63, 3.8) is 0 Å². The van der Waals surface area contributed by atoms with Gasteiger partial charge in [0.15, 0.2) is 0 Å². The third kappa shape index (κ3) is 5.11. The van der Waals surface area contributed by atoms with Crippen LogP contribution in [0.3, 0.4) is 0 Å².